The second-order valence-corrected chi connectivity index (χ2v) is 6.15. The minimum atomic E-state index is -0.832. The lowest BCUT2D eigenvalue weighted by Crippen LogP contribution is -2.35. The molecule has 4 nitrogen and oxygen atoms in total. The molecule has 1 N–H and O–H groups in total. The van der Waals surface area contributed by atoms with Gasteiger partial charge in [-0.25, -0.2) is 0 Å². The highest BCUT2D eigenvalue weighted by molar-refractivity contribution is 5.90. The van der Waals surface area contributed by atoms with Crippen molar-refractivity contribution in [1.82, 2.24) is 5.32 Å². The fraction of sp³-hybridized carbons (Fsp3) is 0.182. The smallest absolute Gasteiger partial charge is 0.311 e. The Bertz CT molecular complexity index is 900. The Morgan fingerprint density at radius 1 is 0.923 bits per heavy atom. The van der Waals surface area contributed by atoms with Crippen LogP contribution in [0.15, 0.2) is 72.8 Å². The molecule has 1 amide bonds. The molecule has 0 heterocycles. The first-order chi connectivity index (χ1) is 12.6. The van der Waals surface area contributed by atoms with Crippen molar-refractivity contribution in [1.29, 1.82) is 0 Å². The number of amides is 1. The van der Waals surface area contributed by atoms with Crippen molar-refractivity contribution in [3.8, 4) is 0 Å². The number of fused-ring (bicyclic) bond motifs is 1. The lowest BCUT2D eigenvalue weighted by atomic mass is 10.0. The highest BCUT2D eigenvalue weighted by Gasteiger charge is 2.18. The van der Waals surface area contributed by atoms with Crippen molar-refractivity contribution in [2.45, 2.75) is 26.0 Å². The highest BCUT2D eigenvalue weighted by atomic mass is 16.5. The first kappa shape index (κ1) is 17.7. The zero-order chi connectivity index (χ0) is 18.4. The van der Waals surface area contributed by atoms with E-state index >= 15 is 0 Å². The predicted octanol–water partition coefficient (Wildman–Crippen LogP) is 3.63. The molecule has 0 aliphatic carbocycles. The third-order valence-corrected chi connectivity index (χ3v) is 4.20. The van der Waals surface area contributed by atoms with E-state index in [1.165, 1.54) is 0 Å². The van der Waals surface area contributed by atoms with Gasteiger partial charge in [-0.15, -0.1) is 0 Å². The van der Waals surface area contributed by atoms with E-state index < -0.39 is 12.1 Å². The summed E-state index contributed by atoms with van der Waals surface area (Å²) in [6.07, 6.45) is -0.696. The average molecular weight is 347 g/mol. The molecule has 3 aromatic carbocycles. The van der Waals surface area contributed by atoms with E-state index in [1.54, 1.807) is 6.92 Å². The standard InChI is InChI=1S/C22H21NO3/c1-16(22(25)23-15-17-8-3-2-4-9-17)26-21(24)14-19-12-7-11-18-10-5-6-13-20(18)19/h2-13,16H,14-15H2,1H3,(H,23,25)/t16-/m1/s1. The molecule has 1 atom stereocenters. The third kappa shape index (κ3) is 4.48. The Morgan fingerprint density at radius 3 is 2.42 bits per heavy atom. The lowest BCUT2D eigenvalue weighted by molar-refractivity contribution is -0.154. The zero-order valence-corrected chi connectivity index (χ0v) is 14.6. The van der Waals surface area contributed by atoms with E-state index in [0.717, 1.165) is 21.9 Å². The van der Waals surface area contributed by atoms with Gasteiger partial charge in [-0.05, 0) is 28.8 Å². The van der Waals surface area contributed by atoms with Crippen molar-refractivity contribution in [2.75, 3.05) is 0 Å². The summed E-state index contributed by atoms with van der Waals surface area (Å²) >= 11 is 0. The molecule has 0 unspecified atom stereocenters. The number of rotatable bonds is 6. The lowest BCUT2D eigenvalue weighted by Gasteiger charge is -2.14. The number of carbonyl (C=O) groups is 2. The Labute approximate surface area is 152 Å². The highest BCUT2D eigenvalue weighted by Crippen LogP contribution is 2.19. The number of benzene rings is 3. The van der Waals surface area contributed by atoms with Crippen LogP contribution in [0.25, 0.3) is 10.8 Å². The summed E-state index contributed by atoms with van der Waals surface area (Å²) in [5.74, 6) is -0.719. The molecule has 26 heavy (non-hydrogen) atoms. The van der Waals surface area contributed by atoms with Crippen molar-refractivity contribution in [3.63, 3.8) is 0 Å². The molecule has 3 rings (SSSR count). The molecule has 0 aliphatic heterocycles. The van der Waals surface area contributed by atoms with Crippen LogP contribution in [0.3, 0.4) is 0 Å². The Morgan fingerprint density at radius 2 is 1.62 bits per heavy atom. The van der Waals surface area contributed by atoms with Gasteiger partial charge in [-0.3, -0.25) is 9.59 Å². The number of hydrogen-bond acceptors (Lipinski definition) is 3. The van der Waals surface area contributed by atoms with Gasteiger partial charge in [0.25, 0.3) is 5.91 Å². The molecule has 4 heteroatoms. The maximum atomic E-state index is 12.2. The van der Waals surface area contributed by atoms with Gasteiger partial charge in [0.2, 0.25) is 0 Å². The number of ether oxygens (including phenoxy) is 1. The quantitative estimate of drug-likeness (QED) is 0.693. The van der Waals surface area contributed by atoms with Crippen LogP contribution in [0, 0.1) is 0 Å². The summed E-state index contributed by atoms with van der Waals surface area (Å²) in [5, 5.41) is 4.88. The van der Waals surface area contributed by atoms with E-state index in [2.05, 4.69) is 5.32 Å². The molecule has 132 valence electrons. The van der Waals surface area contributed by atoms with Crippen LogP contribution in [0.4, 0.5) is 0 Å². The molecule has 0 bridgehead atoms. The molecule has 3 aromatic rings. The van der Waals surface area contributed by atoms with Gasteiger partial charge in [-0.1, -0.05) is 72.8 Å². The molecular formula is C22H21NO3. The Kier molecular flexibility index (Phi) is 5.64. The summed E-state index contributed by atoms with van der Waals surface area (Å²) in [4.78, 5) is 24.4. The number of nitrogens with one attached hydrogen (secondary N) is 1. The fourth-order valence-corrected chi connectivity index (χ4v) is 2.82. The van der Waals surface area contributed by atoms with Gasteiger partial charge in [0, 0.05) is 6.54 Å². The summed E-state index contributed by atoms with van der Waals surface area (Å²) in [5.41, 5.74) is 1.89. The Hall–Kier alpha value is -3.14. The maximum absolute atomic E-state index is 12.2. The van der Waals surface area contributed by atoms with E-state index in [4.69, 9.17) is 4.74 Å². The summed E-state index contributed by atoms with van der Waals surface area (Å²) in [6, 6.07) is 23.3. The molecule has 0 aromatic heterocycles. The second kappa shape index (κ2) is 8.30. The molecule has 0 spiro atoms. The van der Waals surface area contributed by atoms with Crippen molar-refractivity contribution in [3.05, 3.63) is 83.9 Å². The van der Waals surface area contributed by atoms with E-state index in [1.807, 2.05) is 72.8 Å². The first-order valence-corrected chi connectivity index (χ1v) is 8.61. The molecule has 0 fully saturated rings. The van der Waals surface area contributed by atoms with Crippen molar-refractivity contribution < 1.29 is 14.3 Å². The topological polar surface area (TPSA) is 55.4 Å². The fourth-order valence-electron chi connectivity index (χ4n) is 2.82. The summed E-state index contributed by atoms with van der Waals surface area (Å²) in [7, 11) is 0. The third-order valence-electron chi connectivity index (χ3n) is 4.20. The van der Waals surface area contributed by atoms with Crippen LogP contribution >= 0.6 is 0 Å². The number of carbonyl (C=O) groups excluding carboxylic acids is 2. The van der Waals surface area contributed by atoms with Crippen LogP contribution in [0.1, 0.15) is 18.1 Å². The van der Waals surface area contributed by atoms with Crippen LogP contribution in [0.2, 0.25) is 0 Å². The normalized spacial score (nSPS) is 11.7. The van der Waals surface area contributed by atoms with Gasteiger partial charge in [0.1, 0.15) is 0 Å². The Balaban J connectivity index is 1.56. The minimum absolute atomic E-state index is 0.137. The van der Waals surface area contributed by atoms with Crippen LogP contribution in [-0.4, -0.2) is 18.0 Å². The zero-order valence-electron chi connectivity index (χ0n) is 14.6. The largest absolute Gasteiger partial charge is 0.452 e. The summed E-state index contributed by atoms with van der Waals surface area (Å²) in [6.45, 7) is 1.99. The maximum Gasteiger partial charge on any atom is 0.311 e. The number of hydrogen-bond donors (Lipinski definition) is 1. The van der Waals surface area contributed by atoms with Crippen molar-refractivity contribution in [2.24, 2.45) is 0 Å². The van der Waals surface area contributed by atoms with Gasteiger partial charge in [0.15, 0.2) is 6.10 Å². The second-order valence-electron chi connectivity index (χ2n) is 6.15. The average Bonchev–Trinajstić information content (AvgIpc) is 2.67. The van der Waals surface area contributed by atoms with Gasteiger partial charge in [-0.2, -0.15) is 0 Å². The van der Waals surface area contributed by atoms with Gasteiger partial charge in [0.05, 0.1) is 6.42 Å². The number of esters is 1. The summed E-state index contributed by atoms with van der Waals surface area (Å²) < 4.78 is 5.30. The van der Waals surface area contributed by atoms with Crippen molar-refractivity contribution >= 4 is 22.6 Å². The van der Waals surface area contributed by atoms with Crippen LogP contribution < -0.4 is 5.32 Å². The molecule has 0 radical (unpaired) electrons. The molecular weight excluding hydrogens is 326 g/mol. The molecule has 0 saturated heterocycles. The van der Waals surface area contributed by atoms with Crippen LogP contribution in [0.5, 0.6) is 0 Å². The van der Waals surface area contributed by atoms with Gasteiger partial charge >= 0.3 is 5.97 Å². The molecule has 0 aliphatic rings. The van der Waals surface area contributed by atoms with Gasteiger partial charge < -0.3 is 10.1 Å². The first-order valence-electron chi connectivity index (χ1n) is 8.61. The minimum Gasteiger partial charge on any atom is -0.452 e. The molecule has 0 saturated carbocycles. The SMILES string of the molecule is C[C@@H](OC(=O)Cc1cccc2ccccc12)C(=O)NCc1ccccc1. The monoisotopic (exact) mass is 347 g/mol. The predicted molar refractivity (Wildman–Crippen MR) is 101 cm³/mol. The van der Waals surface area contributed by atoms with E-state index in [0.29, 0.717) is 6.54 Å². The van der Waals surface area contributed by atoms with Crippen LogP contribution in [-0.2, 0) is 27.3 Å². The van der Waals surface area contributed by atoms with E-state index in [9.17, 15) is 9.59 Å². The van der Waals surface area contributed by atoms with E-state index in [-0.39, 0.29) is 12.3 Å².